The highest BCUT2D eigenvalue weighted by Gasteiger charge is 2.33. The molecule has 1 saturated heterocycles. The van der Waals surface area contributed by atoms with Gasteiger partial charge in [-0.05, 0) is 18.3 Å². The number of nitrogens with zero attached hydrogens (tertiary/aromatic N) is 3. The fourth-order valence-corrected chi connectivity index (χ4v) is 3.82. The van der Waals surface area contributed by atoms with E-state index in [1.165, 1.54) is 0 Å². The first-order chi connectivity index (χ1) is 9.09. The van der Waals surface area contributed by atoms with Crippen LogP contribution in [0.15, 0.2) is 5.16 Å². The van der Waals surface area contributed by atoms with Gasteiger partial charge in [-0.2, -0.15) is 0 Å². The Morgan fingerprint density at radius 1 is 1.32 bits per heavy atom. The Morgan fingerprint density at radius 3 is 2.74 bits per heavy atom. The normalized spacial score (nSPS) is 24.5. The zero-order chi connectivity index (χ0) is 13.5. The van der Waals surface area contributed by atoms with Crippen molar-refractivity contribution in [3.05, 3.63) is 10.6 Å². The average Bonchev–Trinajstić information content (AvgIpc) is 2.81. The Morgan fingerprint density at radius 2 is 2.05 bits per heavy atom. The van der Waals surface area contributed by atoms with Gasteiger partial charge in [0.05, 0.1) is 29.5 Å². The van der Waals surface area contributed by atoms with Crippen molar-refractivity contribution in [1.29, 1.82) is 0 Å². The molecule has 5 nitrogen and oxygen atoms in total. The zero-order valence-corrected chi connectivity index (χ0v) is 12.2. The van der Waals surface area contributed by atoms with Crippen LogP contribution in [-0.2, 0) is 11.2 Å². The largest absolute Gasteiger partial charge is 0.411 e. The second-order valence-electron chi connectivity index (χ2n) is 5.94. The summed E-state index contributed by atoms with van der Waals surface area (Å²) in [6.07, 6.45) is 1.75. The highest BCUT2D eigenvalue weighted by molar-refractivity contribution is 7.17. The summed E-state index contributed by atoms with van der Waals surface area (Å²) in [6.45, 7) is 7.68. The highest BCUT2D eigenvalue weighted by atomic mass is 32.1. The van der Waals surface area contributed by atoms with Crippen molar-refractivity contribution < 1.29 is 9.94 Å². The van der Waals surface area contributed by atoms with Gasteiger partial charge in [0.2, 0.25) is 0 Å². The number of hydrogen-bond acceptors (Lipinski definition) is 6. The summed E-state index contributed by atoms with van der Waals surface area (Å²) in [4.78, 5) is 8.08. The molecule has 1 aromatic heterocycles. The van der Waals surface area contributed by atoms with Crippen molar-refractivity contribution >= 4 is 22.2 Å². The third-order valence-corrected chi connectivity index (χ3v) is 4.85. The number of fused-ring (bicyclic) bond motifs is 1. The molecule has 0 saturated carbocycles. The molecule has 19 heavy (non-hydrogen) atoms. The fourth-order valence-electron chi connectivity index (χ4n) is 2.70. The molecule has 0 bridgehead atoms. The first-order valence-corrected chi connectivity index (χ1v) is 7.44. The van der Waals surface area contributed by atoms with Crippen molar-refractivity contribution in [3.8, 4) is 0 Å². The lowest BCUT2D eigenvalue weighted by atomic mass is 9.78. The first kappa shape index (κ1) is 12.9. The molecule has 0 amide bonds. The molecule has 3 rings (SSSR count). The Bertz CT molecular complexity index is 504. The van der Waals surface area contributed by atoms with E-state index < -0.39 is 0 Å². The zero-order valence-electron chi connectivity index (χ0n) is 11.3. The summed E-state index contributed by atoms with van der Waals surface area (Å²) < 4.78 is 5.37. The molecule has 1 aromatic rings. The topological polar surface area (TPSA) is 58.0 Å². The summed E-state index contributed by atoms with van der Waals surface area (Å²) in [7, 11) is 0. The third-order valence-electron chi connectivity index (χ3n) is 3.64. The molecule has 6 heteroatoms. The van der Waals surface area contributed by atoms with Gasteiger partial charge < -0.3 is 14.8 Å². The Hall–Kier alpha value is -1.14. The lowest BCUT2D eigenvalue weighted by molar-refractivity contribution is 0.122. The number of anilines is 1. The molecule has 0 radical (unpaired) electrons. The maximum Gasteiger partial charge on any atom is 0.186 e. The van der Waals surface area contributed by atoms with E-state index in [1.54, 1.807) is 11.3 Å². The summed E-state index contributed by atoms with van der Waals surface area (Å²) in [5, 5.41) is 13.7. The van der Waals surface area contributed by atoms with Crippen LogP contribution in [0, 0.1) is 5.41 Å². The van der Waals surface area contributed by atoms with Gasteiger partial charge in [0.15, 0.2) is 5.13 Å². The van der Waals surface area contributed by atoms with Crippen molar-refractivity contribution in [2.24, 2.45) is 10.6 Å². The number of aromatic nitrogens is 1. The SMILES string of the molecule is CC1(C)CC(=NO)c2sc(N3CCOCC3)nc2C1. The second-order valence-corrected chi connectivity index (χ2v) is 6.91. The van der Waals surface area contributed by atoms with Crippen LogP contribution in [0.25, 0.3) is 0 Å². The maximum absolute atomic E-state index is 9.22. The van der Waals surface area contributed by atoms with Crippen molar-refractivity contribution in [2.45, 2.75) is 26.7 Å². The molecular weight excluding hydrogens is 262 g/mol. The molecular formula is C13H19N3O2S. The van der Waals surface area contributed by atoms with Crippen LogP contribution in [-0.4, -0.2) is 42.2 Å². The molecule has 1 fully saturated rings. The first-order valence-electron chi connectivity index (χ1n) is 6.63. The van der Waals surface area contributed by atoms with Crippen LogP contribution >= 0.6 is 11.3 Å². The van der Waals surface area contributed by atoms with Gasteiger partial charge in [-0.1, -0.05) is 30.3 Å². The smallest absolute Gasteiger partial charge is 0.186 e. The van der Waals surface area contributed by atoms with E-state index in [2.05, 4.69) is 23.9 Å². The van der Waals surface area contributed by atoms with Gasteiger partial charge in [0.1, 0.15) is 0 Å². The average molecular weight is 281 g/mol. The van der Waals surface area contributed by atoms with E-state index in [1.807, 2.05) is 0 Å². The Labute approximate surface area is 116 Å². The van der Waals surface area contributed by atoms with Crippen molar-refractivity contribution in [1.82, 2.24) is 4.98 Å². The van der Waals surface area contributed by atoms with Gasteiger partial charge >= 0.3 is 0 Å². The molecule has 1 aliphatic heterocycles. The van der Waals surface area contributed by atoms with E-state index in [9.17, 15) is 5.21 Å². The molecule has 2 aliphatic rings. The quantitative estimate of drug-likeness (QED) is 0.633. The number of ether oxygens (including phenoxy) is 1. The lowest BCUT2D eigenvalue weighted by Gasteiger charge is -2.28. The molecule has 0 aromatic carbocycles. The summed E-state index contributed by atoms with van der Waals surface area (Å²) in [5.74, 6) is 0. The predicted molar refractivity (Wildman–Crippen MR) is 75.6 cm³/mol. The van der Waals surface area contributed by atoms with Gasteiger partial charge in [-0.3, -0.25) is 0 Å². The van der Waals surface area contributed by atoms with Crippen molar-refractivity contribution in [2.75, 3.05) is 31.2 Å². The van der Waals surface area contributed by atoms with Gasteiger partial charge in [0.25, 0.3) is 0 Å². The number of oxime groups is 1. The van der Waals surface area contributed by atoms with Gasteiger partial charge in [-0.25, -0.2) is 4.98 Å². The summed E-state index contributed by atoms with van der Waals surface area (Å²) in [6, 6.07) is 0. The second kappa shape index (κ2) is 4.76. The Kier molecular flexibility index (Phi) is 3.22. The summed E-state index contributed by atoms with van der Waals surface area (Å²) in [5.41, 5.74) is 1.98. The predicted octanol–water partition coefficient (Wildman–Crippen LogP) is 2.13. The third kappa shape index (κ3) is 2.47. The molecule has 1 N–H and O–H groups in total. The van der Waals surface area contributed by atoms with E-state index in [4.69, 9.17) is 9.72 Å². The molecule has 0 atom stereocenters. The molecule has 1 aliphatic carbocycles. The number of morpholine rings is 1. The standard InChI is InChI=1S/C13H19N3O2S/c1-13(2)7-9-11(10(8-13)15-17)19-12(14-9)16-3-5-18-6-4-16/h17H,3-8H2,1-2H3. The van der Waals surface area contributed by atoms with Gasteiger partial charge in [0, 0.05) is 13.1 Å². The molecule has 0 unspecified atom stereocenters. The van der Waals surface area contributed by atoms with Crippen LogP contribution in [0.4, 0.5) is 5.13 Å². The van der Waals surface area contributed by atoms with Crippen LogP contribution < -0.4 is 4.90 Å². The van der Waals surface area contributed by atoms with Crippen LogP contribution in [0.5, 0.6) is 0 Å². The van der Waals surface area contributed by atoms with E-state index in [0.717, 1.165) is 60.6 Å². The highest BCUT2D eigenvalue weighted by Crippen LogP contribution is 2.39. The van der Waals surface area contributed by atoms with Crippen LogP contribution in [0.3, 0.4) is 0 Å². The summed E-state index contributed by atoms with van der Waals surface area (Å²) >= 11 is 1.64. The molecule has 0 spiro atoms. The monoisotopic (exact) mass is 281 g/mol. The Balaban J connectivity index is 1.93. The number of rotatable bonds is 1. The minimum atomic E-state index is 0.116. The van der Waals surface area contributed by atoms with E-state index in [0.29, 0.717) is 0 Å². The van der Waals surface area contributed by atoms with E-state index >= 15 is 0 Å². The van der Waals surface area contributed by atoms with Crippen LogP contribution in [0.2, 0.25) is 0 Å². The minimum absolute atomic E-state index is 0.116. The minimum Gasteiger partial charge on any atom is -0.411 e. The lowest BCUT2D eigenvalue weighted by Crippen LogP contribution is -2.36. The van der Waals surface area contributed by atoms with Crippen LogP contribution in [0.1, 0.15) is 30.8 Å². The van der Waals surface area contributed by atoms with E-state index in [-0.39, 0.29) is 5.41 Å². The number of hydrogen-bond donors (Lipinski definition) is 1. The number of thiazole rings is 1. The van der Waals surface area contributed by atoms with Gasteiger partial charge in [-0.15, -0.1) is 0 Å². The fraction of sp³-hybridized carbons (Fsp3) is 0.692. The molecule has 2 heterocycles. The molecule has 104 valence electrons. The maximum atomic E-state index is 9.22. The van der Waals surface area contributed by atoms with Crippen molar-refractivity contribution in [3.63, 3.8) is 0 Å².